The molecule has 0 spiro atoms. The Kier molecular flexibility index (Phi) is 11.8. The number of aliphatic imine (C=N–C) groups is 1. The van der Waals surface area contributed by atoms with E-state index in [1.165, 1.54) is 0 Å². The Morgan fingerprint density at radius 2 is 1.66 bits per heavy atom. The van der Waals surface area contributed by atoms with Crippen molar-refractivity contribution in [3.8, 4) is 0 Å². The fourth-order valence-electron chi connectivity index (χ4n) is 3.70. The van der Waals surface area contributed by atoms with Gasteiger partial charge in [-0.25, -0.2) is 0 Å². The number of aldehydes is 2. The SMILES string of the molecule is C\C=C(Cl)/C=C(Cl)\C=C\C(C=O)=N\C(CC)(Cc1ccccc1)N(C)CCc1ccc(C=O)cc1. The number of benzene rings is 2. The Morgan fingerprint density at radius 1 is 0.971 bits per heavy atom. The summed E-state index contributed by atoms with van der Waals surface area (Å²) in [6.45, 7) is 4.61. The second-order valence-corrected chi connectivity index (χ2v) is 9.09. The summed E-state index contributed by atoms with van der Waals surface area (Å²) in [4.78, 5) is 30.1. The summed E-state index contributed by atoms with van der Waals surface area (Å²) in [5.41, 5.74) is 2.58. The molecule has 0 saturated heterocycles. The van der Waals surface area contributed by atoms with Gasteiger partial charge in [0.25, 0.3) is 0 Å². The maximum atomic E-state index is 12.0. The fraction of sp³-hybridized carbons (Fsp3) is 0.276. The van der Waals surface area contributed by atoms with Crippen LogP contribution in [0, 0.1) is 0 Å². The van der Waals surface area contributed by atoms with Crippen molar-refractivity contribution in [1.82, 2.24) is 4.90 Å². The summed E-state index contributed by atoms with van der Waals surface area (Å²) < 4.78 is 0. The van der Waals surface area contributed by atoms with Crippen molar-refractivity contribution >= 4 is 41.5 Å². The van der Waals surface area contributed by atoms with Crippen LogP contribution in [0.5, 0.6) is 0 Å². The summed E-state index contributed by atoms with van der Waals surface area (Å²) in [6, 6.07) is 17.7. The lowest BCUT2D eigenvalue weighted by atomic mass is 9.94. The number of allylic oxidation sites excluding steroid dienone is 6. The van der Waals surface area contributed by atoms with Crippen molar-refractivity contribution in [2.24, 2.45) is 4.99 Å². The lowest BCUT2D eigenvalue weighted by Crippen LogP contribution is -2.48. The topological polar surface area (TPSA) is 49.7 Å². The molecular formula is C29H32Cl2N2O2. The molecule has 0 aliphatic carbocycles. The molecule has 0 radical (unpaired) electrons. The largest absolute Gasteiger partial charge is 0.298 e. The maximum absolute atomic E-state index is 12.0. The number of carbonyl (C=O) groups is 2. The molecule has 6 heteroatoms. The molecule has 4 nitrogen and oxygen atoms in total. The van der Waals surface area contributed by atoms with Gasteiger partial charge in [-0.1, -0.05) is 90.8 Å². The summed E-state index contributed by atoms with van der Waals surface area (Å²) in [5, 5.41) is 0.914. The van der Waals surface area contributed by atoms with Gasteiger partial charge in [0.1, 0.15) is 11.9 Å². The minimum absolute atomic E-state index is 0.299. The first-order chi connectivity index (χ1) is 16.9. The third kappa shape index (κ3) is 9.06. The van der Waals surface area contributed by atoms with Gasteiger partial charge in [0.15, 0.2) is 6.29 Å². The monoisotopic (exact) mass is 510 g/mol. The molecule has 184 valence electrons. The van der Waals surface area contributed by atoms with Crippen molar-refractivity contribution in [2.45, 2.75) is 38.8 Å². The van der Waals surface area contributed by atoms with E-state index in [9.17, 15) is 9.59 Å². The van der Waals surface area contributed by atoms with Crippen LogP contribution in [0.2, 0.25) is 0 Å². The van der Waals surface area contributed by atoms with E-state index in [2.05, 4.69) is 24.0 Å². The van der Waals surface area contributed by atoms with Crippen LogP contribution in [0.1, 0.15) is 41.8 Å². The van der Waals surface area contributed by atoms with Crippen LogP contribution in [0.3, 0.4) is 0 Å². The number of nitrogens with zero attached hydrogens (tertiary/aromatic N) is 2. The van der Waals surface area contributed by atoms with E-state index in [4.69, 9.17) is 28.2 Å². The quantitative estimate of drug-likeness (QED) is 0.169. The third-order valence-corrected chi connectivity index (χ3v) is 6.44. The smallest absolute Gasteiger partial charge is 0.168 e. The Morgan fingerprint density at radius 3 is 2.23 bits per heavy atom. The van der Waals surface area contributed by atoms with E-state index in [1.807, 2.05) is 56.4 Å². The van der Waals surface area contributed by atoms with Gasteiger partial charge in [-0.2, -0.15) is 0 Å². The molecule has 0 aliphatic heterocycles. The van der Waals surface area contributed by atoms with E-state index in [0.717, 1.165) is 36.7 Å². The van der Waals surface area contributed by atoms with Gasteiger partial charge in [0, 0.05) is 28.6 Å². The highest BCUT2D eigenvalue weighted by Gasteiger charge is 2.33. The Bertz CT molecular complexity index is 1090. The Labute approximate surface area is 218 Å². The van der Waals surface area contributed by atoms with Crippen molar-refractivity contribution in [3.05, 3.63) is 106 Å². The number of rotatable bonds is 13. The number of likely N-dealkylation sites (N-methyl/N-ethyl adjacent to an activating group) is 1. The first kappa shape index (κ1) is 28.4. The molecule has 2 aromatic carbocycles. The van der Waals surface area contributed by atoms with Crippen LogP contribution in [-0.4, -0.2) is 42.4 Å². The Hall–Kier alpha value is -2.79. The van der Waals surface area contributed by atoms with Crippen LogP contribution < -0.4 is 0 Å². The third-order valence-electron chi connectivity index (χ3n) is 5.88. The molecule has 1 atom stereocenters. The van der Waals surface area contributed by atoms with E-state index in [0.29, 0.717) is 34.2 Å². The molecule has 0 fully saturated rings. The average molecular weight is 511 g/mol. The van der Waals surface area contributed by atoms with Crippen LogP contribution in [-0.2, 0) is 17.6 Å². The van der Waals surface area contributed by atoms with Crippen LogP contribution in [0.15, 0.2) is 94.0 Å². The zero-order valence-electron chi connectivity index (χ0n) is 20.5. The summed E-state index contributed by atoms with van der Waals surface area (Å²) >= 11 is 12.3. The van der Waals surface area contributed by atoms with Crippen LogP contribution >= 0.6 is 23.2 Å². The summed E-state index contributed by atoms with van der Waals surface area (Å²) in [5.74, 6) is 0. The van der Waals surface area contributed by atoms with Crippen molar-refractivity contribution in [2.75, 3.05) is 13.6 Å². The fourth-order valence-corrected chi connectivity index (χ4v) is 4.05. The first-order valence-electron chi connectivity index (χ1n) is 11.6. The van der Waals surface area contributed by atoms with Crippen molar-refractivity contribution in [1.29, 1.82) is 0 Å². The van der Waals surface area contributed by atoms with Gasteiger partial charge in [0.05, 0.1) is 5.71 Å². The van der Waals surface area contributed by atoms with Gasteiger partial charge in [0.2, 0.25) is 0 Å². The van der Waals surface area contributed by atoms with Crippen molar-refractivity contribution < 1.29 is 9.59 Å². The highest BCUT2D eigenvalue weighted by molar-refractivity contribution is 6.37. The zero-order valence-corrected chi connectivity index (χ0v) is 22.0. The average Bonchev–Trinajstić information content (AvgIpc) is 2.89. The normalized spacial score (nSPS) is 14.9. The van der Waals surface area contributed by atoms with Gasteiger partial charge >= 0.3 is 0 Å². The number of halogens is 2. The predicted octanol–water partition coefficient (Wildman–Crippen LogP) is 6.78. The van der Waals surface area contributed by atoms with E-state index < -0.39 is 5.66 Å². The molecule has 0 aromatic heterocycles. The number of hydrogen-bond acceptors (Lipinski definition) is 4. The molecule has 0 bridgehead atoms. The summed E-state index contributed by atoms with van der Waals surface area (Å²) in [7, 11) is 2.03. The van der Waals surface area contributed by atoms with Gasteiger partial charge in [-0.15, -0.1) is 0 Å². The molecule has 1 unspecified atom stereocenters. The van der Waals surface area contributed by atoms with E-state index in [1.54, 1.807) is 24.3 Å². The van der Waals surface area contributed by atoms with Crippen molar-refractivity contribution in [3.63, 3.8) is 0 Å². The minimum atomic E-state index is -0.637. The standard InChI is InChI=1S/C29H32Cl2N2O2/c1-4-26(30)19-27(31)15-16-28(22-35)32-29(5-2,20-24-9-7-6-8-10-24)33(3)18-17-23-11-13-25(21-34)14-12-23/h4,6-16,19,21-22H,5,17-18,20H2,1-3H3/b16-15+,26-4+,27-19+,32-28-. The second-order valence-electron chi connectivity index (χ2n) is 8.22. The van der Waals surface area contributed by atoms with Gasteiger partial charge < -0.3 is 0 Å². The zero-order chi connectivity index (χ0) is 25.7. The van der Waals surface area contributed by atoms with E-state index >= 15 is 0 Å². The lowest BCUT2D eigenvalue weighted by Gasteiger charge is -2.39. The second kappa shape index (κ2) is 14.6. The predicted molar refractivity (Wildman–Crippen MR) is 148 cm³/mol. The highest BCUT2D eigenvalue weighted by atomic mass is 35.5. The first-order valence-corrected chi connectivity index (χ1v) is 12.3. The maximum Gasteiger partial charge on any atom is 0.168 e. The Balaban J connectivity index is 2.37. The van der Waals surface area contributed by atoms with Crippen LogP contribution in [0.4, 0.5) is 0 Å². The molecule has 35 heavy (non-hydrogen) atoms. The molecule has 2 aromatic rings. The molecular weight excluding hydrogens is 479 g/mol. The molecule has 0 N–H and O–H groups in total. The lowest BCUT2D eigenvalue weighted by molar-refractivity contribution is -0.102. The molecule has 0 amide bonds. The minimum Gasteiger partial charge on any atom is -0.298 e. The van der Waals surface area contributed by atoms with Gasteiger partial charge in [-0.3, -0.25) is 19.5 Å². The molecule has 0 saturated carbocycles. The van der Waals surface area contributed by atoms with E-state index in [-0.39, 0.29) is 0 Å². The van der Waals surface area contributed by atoms with Gasteiger partial charge in [-0.05, 0) is 56.2 Å². The number of carbonyl (C=O) groups excluding carboxylic acids is 2. The van der Waals surface area contributed by atoms with Crippen LogP contribution in [0.25, 0.3) is 0 Å². The molecule has 0 aliphatic rings. The number of hydrogen-bond donors (Lipinski definition) is 0. The summed E-state index contributed by atoms with van der Waals surface area (Å²) in [6.07, 6.45) is 10.3. The molecule has 0 heterocycles. The highest BCUT2D eigenvalue weighted by Crippen LogP contribution is 2.27. The molecule has 2 rings (SSSR count).